The maximum atomic E-state index is 11.3. The fourth-order valence-corrected chi connectivity index (χ4v) is 4.69. The van der Waals surface area contributed by atoms with Gasteiger partial charge >= 0.3 is 11.9 Å². The minimum atomic E-state index is -0.367. The Kier molecular flexibility index (Phi) is 11.0. The second kappa shape index (κ2) is 12.7. The third kappa shape index (κ3) is 7.42. The van der Waals surface area contributed by atoms with E-state index >= 15 is 0 Å². The molecule has 6 heteroatoms. The van der Waals surface area contributed by atoms with E-state index in [1.807, 2.05) is 0 Å². The number of allylic oxidation sites excluding steroid dienone is 4. The highest BCUT2D eigenvalue weighted by Gasteiger charge is 2.38. The maximum Gasteiger partial charge on any atom is 0.305 e. The van der Waals surface area contributed by atoms with E-state index in [1.54, 1.807) is 0 Å². The molecule has 2 aliphatic rings. The fourth-order valence-electron chi connectivity index (χ4n) is 4.69. The Labute approximate surface area is 192 Å². The summed E-state index contributed by atoms with van der Waals surface area (Å²) < 4.78 is 9.23. The molecule has 0 aromatic heterocycles. The van der Waals surface area contributed by atoms with E-state index < -0.39 is 0 Å². The van der Waals surface area contributed by atoms with Gasteiger partial charge in [-0.15, -0.1) is 0 Å². The number of hydrogen-bond acceptors (Lipinski definition) is 6. The van der Waals surface area contributed by atoms with Crippen LogP contribution in [-0.2, 0) is 28.7 Å². The van der Waals surface area contributed by atoms with Gasteiger partial charge in [-0.05, 0) is 64.2 Å². The predicted molar refractivity (Wildman–Crippen MR) is 124 cm³/mol. The molecule has 0 N–H and O–H groups in total. The van der Waals surface area contributed by atoms with Crippen LogP contribution in [0.3, 0.4) is 0 Å². The maximum absolute atomic E-state index is 11.3. The minimum Gasteiger partial charge on any atom is -0.469 e. The molecule has 0 aromatic carbocycles. The van der Waals surface area contributed by atoms with Gasteiger partial charge in [-0.1, -0.05) is 37.1 Å². The van der Waals surface area contributed by atoms with Gasteiger partial charge in [-0.2, -0.15) is 0 Å². The molecule has 4 atom stereocenters. The van der Waals surface area contributed by atoms with Crippen molar-refractivity contribution in [2.45, 2.75) is 79.1 Å². The highest BCUT2D eigenvalue weighted by molar-refractivity contribution is 5.71. The number of ether oxygens (including phenoxy) is 2. The zero-order valence-electron chi connectivity index (χ0n) is 20.6. The average Bonchev–Trinajstić information content (AvgIpc) is 2.78. The summed E-state index contributed by atoms with van der Waals surface area (Å²) in [7, 11) is 2.76. The smallest absolute Gasteiger partial charge is 0.305 e. The van der Waals surface area contributed by atoms with E-state index in [-0.39, 0.29) is 22.8 Å². The standard InChI is InChI=1S/2C13H20O3/c2*1-10-4-6-13(9-14,11(2)8-10)7-5-12(15)16-3/h2*4,9,11H,5-8H2,1-3H3/t11-,13+;11-,13-/m01/s1. The molecule has 6 nitrogen and oxygen atoms in total. The van der Waals surface area contributed by atoms with Crippen LogP contribution in [0.25, 0.3) is 0 Å². The lowest BCUT2D eigenvalue weighted by Crippen LogP contribution is -2.33. The van der Waals surface area contributed by atoms with Crippen LogP contribution < -0.4 is 0 Å². The van der Waals surface area contributed by atoms with Crippen molar-refractivity contribution < 1.29 is 28.7 Å². The number of hydrogen-bond donors (Lipinski definition) is 0. The van der Waals surface area contributed by atoms with Crippen LogP contribution in [0.2, 0.25) is 0 Å². The van der Waals surface area contributed by atoms with Crippen LogP contribution in [0, 0.1) is 22.7 Å². The monoisotopic (exact) mass is 448 g/mol. The summed E-state index contributed by atoms with van der Waals surface area (Å²) in [6, 6.07) is 0. The second-order valence-electron chi connectivity index (χ2n) is 9.57. The molecule has 32 heavy (non-hydrogen) atoms. The number of methoxy groups -OCH3 is 2. The van der Waals surface area contributed by atoms with E-state index in [0.29, 0.717) is 37.5 Å². The van der Waals surface area contributed by atoms with Crippen molar-refractivity contribution in [3.63, 3.8) is 0 Å². The van der Waals surface area contributed by atoms with Crippen LogP contribution in [0.4, 0.5) is 0 Å². The Morgan fingerprint density at radius 1 is 0.844 bits per heavy atom. The number of rotatable bonds is 8. The molecule has 0 fully saturated rings. The lowest BCUT2D eigenvalue weighted by molar-refractivity contribution is -0.143. The molecule has 0 saturated heterocycles. The van der Waals surface area contributed by atoms with Crippen LogP contribution in [0.15, 0.2) is 23.3 Å². The quantitative estimate of drug-likeness (QED) is 0.295. The molecule has 0 bridgehead atoms. The van der Waals surface area contributed by atoms with E-state index in [2.05, 4.69) is 49.3 Å². The molecule has 0 spiro atoms. The highest BCUT2D eigenvalue weighted by atomic mass is 16.5. The summed E-state index contributed by atoms with van der Waals surface area (Å²) >= 11 is 0. The van der Waals surface area contributed by atoms with Crippen molar-refractivity contribution in [1.82, 2.24) is 0 Å². The Balaban J connectivity index is 0.000000320. The normalized spacial score (nSPS) is 29.4. The van der Waals surface area contributed by atoms with E-state index in [4.69, 9.17) is 0 Å². The molecular formula is C26H40O6. The first kappa shape index (κ1) is 27.8. The van der Waals surface area contributed by atoms with Crippen LogP contribution in [0.1, 0.15) is 79.1 Å². The van der Waals surface area contributed by atoms with E-state index in [9.17, 15) is 19.2 Å². The lowest BCUT2D eigenvalue weighted by atomic mass is 9.66. The number of aldehydes is 2. The molecule has 0 amide bonds. The van der Waals surface area contributed by atoms with Crippen molar-refractivity contribution in [2.24, 2.45) is 22.7 Å². The van der Waals surface area contributed by atoms with Crippen molar-refractivity contribution >= 4 is 24.5 Å². The largest absolute Gasteiger partial charge is 0.469 e. The number of carbonyl (C=O) groups excluding carboxylic acids is 4. The molecule has 0 unspecified atom stereocenters. The second-order valence-corrected chi connectivity index (χ2v) is 9.57. The molecule has 0 heterocycles. The molecule has 2 rings (SSSR count). The first-order valence-corrected chi connectivity index (χ1v) is 11.5. The first-order valence-electron chi connectivity index (χ1n) is 11.5. The van der Waals surface area contributed by atoms with Gasteiger partial charge in [0.2, 0.25) is 0 Å². The van der Waals surface area contributed by atoms with Crippen molar-refractivity contribution in [1.29, 1.82) is 0 Å². The minimum absolute atomic E-state index is 0.236. The van der Waals surface area contributed by atoms with Gasteiger partial charge in [0.25, 0.3) is 0 Å². The van der Waals surface area contributed by atoms with Gasteiger partial charge in [0.15, 0.2) is 0 Å². The molecule has 0 saturated carbocycles. The summed E-state index contributed by atoms with van der Waals surface area (Å²) in [6.07, 6.45) is 11.5. The van der Waals surface area contributed by atoms with E-state index in [0.717, 1.165) is 38.3 Å². The molecular weight excluding hydrogens is 408 g/mol. The van der Waals surface area contributed by atoms with Gasteiger partial charge in [-0.25, -0.2) is 0 Å². The zero-order valence-corrected chi connectivity index (χ0v) is 20.6. The number of esters is 2. The molecule has 2 aliphatic carbocycles. The third-order valence-electron chi connectivity index (χ3n) is 7.39. The highest BCUT2D eigenvalue weighted by Crippen LogP contribution is 2.43. The van der Waals surface area contributed by atoms with Gasteiger partial charge in [0.05, 0.1) is 14.2 Å². The van der Waals surface area contributed by atoms with Crippen molar-refractivity contribution in [3.8, 4) is 0 Å². The summed E-state index contributed by atoms with van der Waals surface area (Å²) in [4.78, 5) is 44.9. The molecule has 0 radical (unpaired) electrons. The third-order valence-corrected chi connectivity index (χ3v) is 7.39. The van der Waals surface area contributed by atoms with Crippen LogP contribution in [-0.4, -0.2) is 38.7 Å². The van der Waals surface area contributed by atoms with E-state index in [1.165, 1.54) is 25.4 Å². The molecule has 180 valence electrons. The summed E-state index contributed by atoms with van der Waals surface area (Å²) in [5, 5.41) is 0. The van der Waals surface area contributed by atoms with Crippen molar-refractivity contribution in [3.05, 3.63) is 23.3 Å². The zero-order chi connectivity index (χ0) is 24.4. The van der Waals surface area contributed by atoms with Gasteiger partial charge in [0.1, 0.15) is 12.6 Å². The SMILES string of the molecule is COC(=O)CC[C@@]1(C=O)CC=C(C)C[C@@H]1C.COC(=O)CC[C@@]1(C=O)CC=C(C)C[C@H]1C. The van der Waals surface area contributed by atoms with Gasteiger partial charge < -0.3 is 19.1 Å². The summed E-state index contributed by atoms with van der Waals surface area (Å²) in [5.74, 6) is 0.138. The summed E-state index contributed by atoms with van der Waals surface area (Å²) in [5.41, 5.74) is 1.94. The Hall–Kier alpha value is -2.24. The van der Waals surface area contributed by atoms with Crippen molar-refractivity contribution in [2.75, 3.05) is 14.2 Å². The topological polar surface area (TPSA) is 86.7 Å². The van der Waals surface area contributed by atoms with Gasteiger partial charge in [0, 0.05) is 23.7 Å². The predicted octanol–water partition coefficient (Wildman–Crippen LogP) is 5.00. The molecule has 0 aromatic rings. The Bertz CT molecular complexity index is 675. The summed E-state index contributed by atoms with van der Waals surface area (Å²) in [6.45, 7) is 8.35. The first-order chi connectivity index (χ1) is 15.1. The van der Waals surface area contributed by atoms with Crippen LogP contribution in [0.5, 0.6) is 0 Å². The molecule has 0 aliphatic heterocycles. The van der Waals surface area contributed by atoms with Gasteiger partial charge in [-0.3, -0.25) is 9.59 Å². The Morgan fingerprint density at radius 3 is 1.44 bits per heavy atom. The lowest BCUT2D eigenvalue weighted by Gasteiger charge is -2.37. The number of carbonyl (C=O) groups is 4. The average molecular weight is 449 g/mol. The van der Waals surface area contributed by atoms with Crippen LogP contribution >= 0.6 is 0 Å². The fraction of sp³-hybridized carbons (Fsp3) is 0.692. The Morgan fingerprint density at radius 2 is 1.19 bits per heavy atom.